The van der Waals surface area contributed by atoms with Crippen molar-refractivity contribution in [2.45, 2.75) is 17.7 Å². The molecule has 0 aliphatic carbocycles. The Morgan fingerprint density at radius 2 is 1.94 bits per heavy atom. The third-order valence-electron chi connectivity index (χ3n) is 2.53. The van der Waals surface area contributed by atoms with E-state index < -0.39 is 10.0 Å². The molecule has 96 valence electrons. The summed E-state index contributed by atoms with van der Waals surface area (Å²) in [6, 6.07) is 11.0. The minimum Gasteiger partial charge on any atom is -0.206 e. The number of rotatable bonds is 4. The highest BCUT2D eigenvalue weighted by Crippen LogP contribution is 2.25. The lowest BCUT2D eigenvalue weighted by Gasteiger charge is -2.07. The average molecular weight is 346 g/mol. The number of aryl methyl sites for hydroxylation is 1. The first-order valence-electron chi connectivity index (χ1n) is 5.28. The van der Waals surface area contributed by atoms with Crippen LogP contribution >= 0.6 is 27.3 Å². The summed E-state index contributed by atoms with van der Waals surface area (Å²) >= 11 is 4.46. The number of sulfonamides is 1. The number of hydrogen-bond acceptors (Lipinski definition) is 3. The molecule has 0 aliphatic heterocycles. The van der Waals surface area contributed by atoms with Gasteiger partial charge in [0.25, 0.3) is 0 Å². The molecular formula is C12H12BrNO2S2. The average Bonchev–Trinajstić information content (AvgIpc) is 2.76. The van der Waals surface area contributed by atoms with Gasteiger partial charge in [0.05, 0.1) is 3.79 Å². The van der Waals surface area contributed by atoms with Crippen molar-refractivity contribution in [2.24, 2.45) is 0 Å². The second-order valence-corrected chi connectivity index (χ2v) is 8.27. The SMILES string of the molecule is Cc1ccccc1CNS(=O)(=O)c1ccc(Br)s1. The van der Waals surface area contributed by atoms with Gasteiger partial charge in [-0.05, 0) is 46.1 Å². The fraction of sp³-hybridized carbons (Fsp3) is 0.167. The zero-order chi connectivity index (χ0) is 13.2. The molecule has 0 aliphatic rings. The predicted octanol–water partition coefficient (Wildman–Crippen LogP) is 3.30. The predicted molar refractivity (Wildman–Crippen MR) is 77.2 cm³/mol. The van der Waals surface area contributed by atoms with Gasteiger partial charge in [-0.3, -0.25) is 0 Å². The highest BCUT2D eigenvalue weighted by atomic mass is 79.9. The Kier molecular flexibility index (Phi) is 4.21. The van der Waals surface area contributed by atoms with Gasteiger partial charge in [-0.1, -0.05) is 24.3 Å². The molecule has 0 amide bonds. The van der Waals surface area contributed by atoms with Crippen molar-refractivity contribution in [1.29, 1.82) is 0 Å². The van der Waals surface area contributed by atoms with Crippen molar-refractivity contribution in [3.8, 4) is 0 Å². The summed E-state index contributed by atoms with van der Waals surface area (Å²) in [5.41, 5.74) is 2.06. The summed E-state index contributed by atoms with van der Waals surface area (Å²) in [7, 11) is -3.42. The van der Waals surface area contributed by atoms with Crippen molar-refractivity contribution in [1.82, 2.24) is 4.72 Å². The highest BCUT2D eigenvalue weighted by Gasteiger charge is 2.16. The quantitative estimate of drug-likeness (QED) is 0.923. The fourth-order valence-corrected chi connectivity index (χ4v) is 4.56. The van der Waals surface area contributed by atoms with E-state index >= 15 is 0 Å². The Labute approximate surface area is 119 Å². The molecule has 0 saturated heterocycles. The van der Waals surface area contributed by atoms with Gasteiger partial charge in [0, 0.05) is 6.54 Å². The molecule has 18 heavy (non-hydrogen) atoms. The van der Waals surface area contributed by atoms with Crippen molar-refractivity contribution in [3.63, 3.8) is 0 Å². The maximum atomic E-state index is 12.0. The first kappa shape index (κ1) is 13.7. The third kappa shape index (κ3) is 3.20. The lowest BCUT2D eigenvalue weighted by atomic mass is 10.1. The molecule has 0 bridgehead atoms. The van der Waals surface area contributed by atoms with Gasteiger partial charge in [0.1, 0.15) is 4.21 Å². The number of benzene rings is 1. The topological polar surface area (TPSA) is 46.2 Å². The van der Waals surface area contributed by atoms with Crippen LogP contribution in [0.25, 0.3) is 0 Å². The van der Waals surface area contributed by atoms with E-state index in [4.69, 9.17) is 0 Å². The Morgan fingerprint density at radius 3 is 2.56 bits per heavy atom. The molecule has 1 N–H and O–H groups in total. The van der Waals surface area contributed by atoms with E-state index in [-0.39, 0.29) is 0 Å². The van der Waals surface area contributed by atoms with Crippen molar-refractivity contribution in [2.75, 3.05) is 0 Å². The molecule has 0 spiro atoms. The Hall–Kier alpha value is -0.690. The summed E-state index contributed by atoms with van der Waals surface area (Å²) < 4.78 is 27.8. The largest absolute Gasteiger partial charge is 0.250 e. The molecule has 6 heteroatoms. The summed E-state index contributed by atoms with van der Waals surface area (Å²) in [4.78, 5) is 0. The second-order valence-electron chi connectivity index (χ2n) is 3.81. The second kappa shape index (κ2) is 5.52. The van der Waals surface area contributed by atoms with Crippen LogP contribution in [0.2, 0.25) is 0 Å². The van der Waals surface area contributed by atoms with Gasteiger partial charge < -0.3 is 0 Å². The van der Waals surface area contributed by atoms with Gasteiger partial charge in [-0.25, -0.2) is 13.1 Å². The highest BCUT2D eigenvalue weighted by molar-refractivity contribution is 9.11. The van der Waals surface area contributed by atoms with E-state index in [1.54, 1.807) is 12.1 Å². The van der Waals surface area contributed by atoms with E-state index in [2.05, 4.69) is 20.7 Å². The number of hydrogen-bond donors (Lipinski definition) is 1. The van der Waals surface area contributed by atoms with Crippen LogP contribution in [0.1, 0.15) is 11.1 Å². The van der Waals surface area contributed by atoms with Crippen LogP contribution in [0, 0.1) is 6.92 Å². The van der Waals surface area contributed by atoms with Crippen LogP contribution in [0.4, 0.5) is 0 Å². The lowest BCUT2D eigenvalue weighted by molar-refractivity contribution is 0.583. The zero-order valence-electron chi connectivity index (χ0n) is 9.68. The Balaban J connectivity index is 2.13. The van der Waals surface area contributed by atoms with Crippen LogP contribution < -0.4 is 4.72 Å². The molecule has 1 aromatic carbocycles. The minimum absolute atomic E-state index is 0.310. The minimum atomic E-state index is -3.42. The molecule has 0 radical (unpaired) electrons. The Bertz CT molecular complexity index is 650. The molecule has 1 aromatic heterocycles. The summed E-state index contributed by atoms with van der Waals surface area (Å²) in [5, 5.41) is 0. The molecular weight excluding hydrogens is 334 g/mol. The van der Waals surface area contributed by atoms with Crippen LogP contribution in [-0.4, -0.2) is 8.42 Å². The van der Waals surface area contributed by atoms with Crippen molar-refractivity contribution < 1.29 is 8.42 Å². The number of thiophene rings is 1. The molecule has 0 atom stereocenters. The first-order valence-corrected chi connectivity index (χ1v) is 8.38. The summed E-state index contributed by atoms with van der Waals surface area (Å²) in [6.45, 7) is 2.27. The third-order valence-corrected chi connectivity index (χ3v) is 6.04. The standard InChI is InChI=1S/C12H12BrNO2S2/c1-9-4-2-3-5-10(9)8-14-18(15,16)12-7-6-11(13)17-12/h2-7,14H,8H2,1H3. The molecule has 3 nitrogen and oxygen atoms in total. The summed E-state index contributed by atoms with van der Waals surface area (Å²) in [6.07, 6.45) is 0. The van der Waals surface area contributed by atoms with E-state index in [0.717, 1.165) is 14.9 Å². The van der Waals surface area contributed by atoms with E-state index in [1.807, 2.05) is 31.2 Å². The lowest BCUT2D eigenvalue weighted by Crippen LogP contribution is -2.22. The summed E-state index contributed by atoms with van der Waals surface area (Å²) in [5.74, 6) is 0. The zero-order valence-corrected chi connectivity index (χ0v) is 12.9. The van der Waals surface area contributed by atoms with E-state index in [1.165, 1.54) is 11.3 Å². The number of halogens is 1. The monoisotopic (exact) mass is 345 g/mol. The van der Waals surface area contributed by atoms with Gasteiger partial charge in [-0.2, -0.15) is 0 Å². The van der Waals surface area contributed by atoms with Crippen LogP contribution in [0.15, 0.2) is 44.4 Å². The maximum absolute atomic E-state index is 12.0. The van der Waals surface area contributed by atoms with E-state index in [0.29, 0.717) is 10.8 Å². The molecule has 2 aromatic rings. The van der Waals surface area contributed by atoms with Crippen LogP contribution in [0.5, 0.6) is 0 Å². The van der Waals surface area contributed by atoms with Gasteiger partial charge in [-0.15, -0.1) is 11.3 Å². The normalized spacial score (nSPS) is 11.7. The molecule has 0 saturated carbocycles. The molecule has 0 unspecified atom stereocenters. The van der Waals surface area contributed by atoms with Gasteiger partial charge in [0.15, 0.2) is 0 Å². The van der Waals surface area contributed by atoms with Crippen molar-refractivity contribution in [3.05, 3.63) is 51.3 Å². The smallest absolute Gasteiger partial charge is 0.206 e. The van der Waals surface area contributed by atoms with E-state index in [9.17, 15) is 8.42 Å². The molecule has 0 fully saturated rings. The van der Waals surface area contributed by atoms with Crippen molar-refractivity contribution >= 4 is 37.3 Å². The fourth-order valence-electron chi connectivity index (χ4n) is 1.49. The molecule has 2 rings (SSSR count). The Morgan fingerprint density at radius 1 is 1.22 bits per heavy atom. The molecule has 1 heterocycles. The van der Waals surface area contributed by atoms with Gasteiger partial charge >= 0.3 is 0 Å². The maximum Gasteiger partial charge on any atom is 0.250 e. The first-order chi connectivity index (χ1) is 8.49. The van der Waals surface area contributed by atoms with Gasteiger partial charge in [0.2, 0.25) is 10.0 Å². The van der Waals surface area contributed by atoms with Crippen LogP contribution in [0.3, 0.4) is 0 Å². The van der Waals surface area contributed by atoms with Crippen LogP contribution in [-0.2, 0) is 16.6 Å². The number of nitrogens with one attached hydrogen (secondary N) is 1.